The number of rotatable bonds is 4. The summed E-state index contributed by atoms with van der Waals surface area (Å²) in [5.41, 5.74) is 1.44. The van der Waals surface area contributed by atoms with Gasteiger partial charge >= 0.3 is 0 Å². The molecule has 2 aromatic heterocycles. The van der Waals surface area contributed by atoms with Gasteiger partial charge in [-0.05, 0) is 13.8 Å². The zero-order valence-corrected chi connectivity index (χ0v) is 11.5. The summed E-state index contributed by atoms with van der Waals surface area (Å²) >= 11 is 6.14. The molecule has 98 valence electrons. The molecule has 1 N–H and O–H groups in total. The quantitative estimate of drug-likeness (QED) is 0.921. The largest absolute Gasteiger partial charge is 0.388 e. The lowest BCUT2D eigenvalue weighted by molar-refractivity contribution is 0.174. The van der Waals surface area contributed by atoms with Gasteiger partial charge in [0.05, 0.1) is 11.8 Å². The van der Waals surface area contributed by atoms with Gasteiger partial charge in [-0.15, -0.1) is 0 Å². The third kappa shape index (κ3) is 2.28. The average Bonchev–Trinajstić information content (AvgIpc) is 2.85. The molecule has 0 aliphatic carbocycles. The second kappa shape index (κ2) is 5.12. The van der Waals surface area contributed by atoms with Crippen molar-refractivity contribution in [3.05, 3.63) is 34.6 Å². The summed E-state index contributed by atoms with van der Waals surface area (Å²) in [4.78, 5) is 4.25. The van der Waals surface area contributed by atoms with Crippen LogP contribution in [0.25, 0.3) is 0 Å². The first-order valence-electron chi connectivity index (χ1n) is 5.91. The summed E-state index contributed by atoms with van der Waals surface area (Å²) in [6.07, 6.45) is 3.40. The molecule has 18 heavy (non-hydrogen) atoms. The van der Waals surface area contributed by atoms with Crippen LogP contribution in [0.4, 0.5) is 0 Å². The maximum Gasteiger partial charge on any atom is 0.132 e. The van der Waals surface area contributed by atoms with Crippen LogP contribution in [-0.4, -0.2) is 24.4 Å². The van der Waals surface area contributed by atoms with Gasteiger partial charge in [0.25, 0.3) is 0 Å². The topological polar surface area (TPSA) is 55.9 Å². The fraction of sp³-hybridized carbons (Fsp3) is 0.500. The smallest absolute Gasteiger partial charge is 0.132 e. The van der Waals surface area contributed by atoms with Crippen molar-refractivity contribution in [2.45, 2.75) is 32.9 Å². The lowest BCUT2D eigenvalue weighted by atomic mass is 10.1. The zero-order chi connectivity index (χ0) is 13.3. The van der Waals surface area contributed by atoms with E-state index in [4.69, 9.17) is 11.6 Å². The van der Waals surface area contributed by atoms with Crippen molar-refractivity contribution in [1.82, 2.24) is 19.3 Å². The number of halogens is 1. The second-order valence-corrected chi connectivity index (χ2v) is 4.62. The second-order valence-electron chi connectivity index (χ2n) is 4.26. The number of nitrogens with zero attached hydrogens (tertiary/aromatic N) is 4. The first-order valence-corrected chi connectivity index (χ1v) is 6.29. The summed E-state index contributed by atoms with van der Waals surface area (Å²) in [7, 11) is 1.76. The van der Waals surface area contributed by atoms with Crippen molar-refractivity contribution in [3.8, 4) is 0 Å². The molecule has 0 aliphatic rings. The van der Waals surface area contributed by atoms with Gasteiger partial charge in [-0.2, -0.15) is 5.10 Å². The molecule has 5 nitrogen and oxygen atoms in total. The van der Waals surface area contributed by atoms with Crippen LogP contribution < -0.4 is 0 Å². The van der Waals surface area contributed by atoms with Crippen LogP contribution in [0.3, 0.4) is 0 Å². The van der Waals surface area contributed by atoms with E-state index in [1.54, 1.807) is 17.9 Å². The molecule has 0 saturated heterocycles. The minimum Gasteiger partial charge on any atom is -0.388 e. The zero-order valence-electron chi connectivity index (χ0n) is 10.8. The van der Waals surface area contributed by atoms with Crippen molar-refractivity contribution in [2.75, 3.05) is 0 Å². The van der Waals surface area contributed by atoms with Gasteiger partial charge in [0.15, 0.2) is 0 Å². The van der Waals surface area contributed by atoms with Crippen molar-refractivity contribution < 1.29 is 5.11 Å². The van der Waals surface area contributed by atoms with E-state index in [0.717, 1.165) is 18.1 Å². The van der Waals surface area contributed by atoms with E-state index in [1.165, 1.54) is 0 Å². The lowest BCUT2D eigenvalue weighted by Crippen LogP contribution is -2.09. The van der Waals surface area contributed by atoms with Crippen LogP contribution in [0.15, 0.2) is 12.4 Å². The molecule has 2 rings (SSSR count). The highest BCUT2D eigenvalue weighted by molar-refractivity contribution is 6.30. The van der Waals surface area contributed by atoms with Gasteiger partial charge in [0.1, 0.15) is 11.0 Å². The van der Waals surface area contributed by atoms with E-state index in [0.29, 0.717) is 17.1 Å². The highest BCUT2D eigenvalue weighted by atomic mass is 35.5. The fourth-order valence-electron chi connectivity index (χ4n) is 2.12. The summed E-state index contributed by atoms with van der Waals surface area (Å²) in [5.74, 6) is 0.851. The number of hydrogen-bond donors (Lipinski definition) is 1. The van der Waals surface area contributed by atoms with Crippen molar-refractivity contribution in [1.29, 1.82) is 0 Å². The summed E-state index contributed by atoms with van der Waals surface area (Å²) in [6, 6.07) is 0. The molecular weight excluding hydrogens is 252 g/mol. The van der Waals surface area contributed by atoms with Gasteiger partial charge in [-0.25, -0.2) is 4.98 Å². The van der Waals surface area contributed by atoms with E-state index < -0.39 is 6.10 Å². The first-order chi connectivity index (χ1) is 8.54. The Morgan fingerprint density at radius 1 is 1.50 bits per heavy atom. The molecule has 2 aromatic rings. The van der Waals surface area contributed by atoms with Gasteiger partial charge in [0, 0.05) is 38.0 Å². The van der Waals surface area contributed by atoms with Crippen LogP contribution in [0.5, 0.6) is 0 Å². The minimum absolute atomic E-state index is 0.438. The summed E-state index contributed by atoms with van der Waals surface area (Å²) < 4.78 is 3.57. The SMILES string of the molecule is CCn1ccnc1CC(O)c1c(C)nn(C)c1Cl. The van der Waals surface area contributed by atoms with E-state index in [2.05, 4.69) is 10.1 Å². The van der Waals surface area contributed by atoms with Gasteiger partial charge in [-0.3, -0.25) is 4.68 Å². The molecule has 0 radical (unpaired) electrons. The highest BCUT2D eigenvalue weighted by Crippen LogP contribution is 2.27. The predicted molar refractivity (Wildman–Crippen MR) is 69.5 cm³/mol. The van der Waals surface area contributed by atoms with Crippen LogP contribution in [0, 0.1) is 6.92 Å². The molecule has 0 saturated carbocycles. The molecule has 0 bridgehead atoms. The van der Waals surface area contributed by atoms with Crippen LogP contribution in [0.1, 0.15) is 30.1 Å². The van der Waals surface area contributed by atoms with Crippen molar-refractivity contribution >= 4 is 11.6 Å². The first kappa shape index (κ1) is 13.1. The number of aliphatic hydroxyl groups is 1. The summed E-state index contributed by atoms with van der Waals surface area (Å²) in [6.45, 7) is 4.72. The number of hydrogen-bond acceptors (Lipinski definition) is 3. The average molecular weight is 269 g/mol. The lowest BCUT2D eigenvalue weighted by Gasteiger charge is -2.11. The number of aryl methyl sites for hydroxylation is 3. The Morgan fingerprint density at radius 2 is 2.22 bits per heavy atom. The molecule has 0 amide bonds. The predicted octanol–water partition coefficient (Wildman–Crippen LogP) is 1.87. The molecule has 2 heterocycles. The molecule has 0 spiro atoms. The minimum atomic E-state index is -0.682. The molecule has 1 unspecified atom stereocenters. The molecular formula is C12H17ClN4O. The number of aromatic nitrogens is 4. The van der Waals surface area contributed by atoms with Gasteiger partial charge in [0.2, 0.25) is 0 Å². The Labute approximate surface area is 111 Å². The third-order valence-electron chi connectivity index (χ3n) is 3.05. The highest BCUT2D eigenvalue weighted by Gasteiger charge is 2.21. The summed E-state index contributed by atoms with van der Waals surface area (Å²) in [5, 5.41) is 15.0. The normalized spacial score (nSPS) is 12.9. The standard InChI is InChI=1S/C12H17ClN4O/c1-4-17-6-5-14-10(17)7-9(18)11-8(2)15-16(3)12(11)13/h5-6,9,18H,4,7H2,1-3H3. The van der Waals surface area contributed by atoms with E-state index in [1.807, 2.05) is 24.6 Å². The molecule has 0 aliphatic heterocycles. The molecule has 1 atom stereocenters. The maximum atomic E-state index is 10.3. The van der Waals surface area contributed by atoms with Crippen LogP contribution >= 0.6 is 11.6 Å². The van der Waals surface area contributed by atoms with Gasteiger partial charge < -0.3 is 9.67 Å². The maximum absolute atomic E-state index is 10.3. The Balaban J connectivity index is 2.24. The number of imidazole rings is 1. The molecule has 0 aromatic carbocycles. The van der Waals surface area contributed by atoms with E-state index >= 15 is 0 Å². The Hall–Kier alpha value is -1.33. The van der Waals surface area contributed by atoms with Crippen molar-refractivity contribution in [2.24, 2.45) is 7.05 Å². The molecule has 6 heteroatoms. The number of aliphatic hydroxyl groups excluding tert-OH is 1. The van der Waals surface area contributed by atoms with Crippen LogP contribution in [-0.2, 0) is 20.0 Å². The van der Waals surface area contributed by atoms with Crippen molar-refractivity contribution in [3.63, 3.8) is 0 Å². The Kier molecular flexibility index (Phi) is 3.73. The van der Waals surface area contributed by atoms with Gasteiger partial charge in [-0.1, -0.05) is 11.6 Å². The Morgan fingerprint density at radius 3 is 2.78 bits per heavy atom. The third-order valence-corrected chi connectivity index (χ3v) is 3.50. The van der Waals surface area contributed by atoms with E-state index in [-0.39, 0.29) is 0 Å². The molecule has 0 fully saturated rings. The van der Waals surface area contributed by atoms with Crippen LogP contribution in [0.2, 0.25) is 5.15 Å². The Bertz CT molecular complexity index is 546. The van der Waals surface area contributed by atoms with E-state index in [9.17, 15) is 5.11 Å². The monoisotopic (exact) mass is 268 g/mol. The fourth-order valence-corrected chi connectivity index (χ4v) is 2.42.